The molecule has 0 aromatic carbocycles. The van der Waals surface area contributed by atoms with Gasteiger partial charge in [-0.3, -0.25) is 18.6 Å². The predicted molar refractivity (Wildman–Crippen MR) is 267 cm³/mol. The van der Waals surface area contributed by atoms with E-state index in [0.29, 0.717) is 12.8 Å². The monoisotopic (exact) mass is 971 g/mol. The summed E-state index contributed by atoms with van der Waals surface area (Å²) in [4.78, 5) is 35.9. The highest BCUT2D eigenvalue weighted by Crippen LogP contribution is 2.47. The van der Waals surface area contributed by atoms with Crippen LogP contribution in [0.5, 0.6) is 0 Å². The largest absolute Gasteiger partial charge is 0.472 e. The molecule has 0 aliphatic heterocycles. The molecule has 0 saturated heterocycles. The highest BCUT2D eigenvalue weighted by Gasteiger charge is 2.51. The van der Waals surface area contributed by atoms with Crippen LogP contribution in [0.3, 0.4) is 0 Å². The Bertz CT molecular complexity index is 1350. The summed E-state index contributed by atoms with van der Waals surface area (Å²) in [6.07, 6.45) is 38.7. The Hall–Kier alpha value is -2.19. The molecule has 0 radical (unpaired) electrons. The standard InChI is InChI=1S/C53H95O13P/c1-3-5-7-9-11-13-15-17-19-21-23-25-27-29-31-33-35-37-39-41-46(54)63-43-45(44-64-67(61,62)66-53-51(59)49(57)48(56)50(58)52(53)60)65-47(55)42-40-38-36-34-32-30-28-26-24-22-20-18-16-14-12-10-8-6-4-2/h12,14,18,20,24,26,30,32,45,48-53,56-60H,3-11,13,15-17,19,21-23,25,27-29,31,33-44H2,1-2H3,(H,61,62)/b14-12-,20-18-,26-24-,32-30-/t45-,48?,49-,50?,51?,52?,53?/m1/s1. The highest BCUT2D eigenvalue weighted by molar-refractivity contribution is 7.47. The molecule has 390 valence electrons. The van der Waals surface area contributed by atoms with Crippen molar-refractivity contribution in [2.75, 3.05) is 13.2 Å². The first-order valence-corrected chi connectivity index (χ1v) is 27.9. The van der Waals surface area contributed by atoms with E-state index in [2.05, 4.69) is 62.5 Å². The summed E-state index contributed by atoms with van der Waals surface area (Å²) in [5.74, 6) is -1.13. The van der Waals surface area contributed by atoms with Crippen LogP contribution in [-0.2, 0) is 32.7 Å². The summed E-state index contributed by atoms with van der Waals surface area (Å²) in [7, 11) is -5.13. The van der Waals surface area contributed by atoms with Gasteiger partial charge in [-0.25, -0.2) is 4.57 Å². The van der Waals surface area contributed by atoms with Crippen molar-refractivity contribution in [2.45, 2.75) is 262 Å². The topological polar surface area (TPSA) is 210 Å². The van der Waals surface area contributed by atoms with Crippen molar-refractivity contribution in [3.63, 3.8) is 0 Å². The Morgan fingerprint density at radius 1 is 0.463 bits per heavy atom. The van der Waals surface area contributed by atoms with Crippen LogP contribution in [0.4, 0.5) is 0 Å². The molecule has 0 heterocycles. The number of phosphoric acid groups is 1. The summed E-state index contributed by atoms with van der Waals surface area (Å²) >= 11 is 0. The predicted octanol–water partition coefficient (Wildman–Crippen LogP) is 11.5. The molecule has 0 spiro atoms. The van der Waals surface area contributed by atoms with E-state index < -0.39 is 75.7 Å². The van der Waals surface area contributed by atoms with Crippen LogP contribution in [0.2, 0.25) is 0 Å². The van der Waals surface area contributed by atoms with E-state index in [0.717, 1.165) is 64.2 Å². The Balaban J connectivity index is 2.41. The van der Waals surface area contributed by atoms with Gasteiger partial charge < -0.3 is 39.9 Å². The van der Waals surface area contributed by atoms with Crippen molar-refractivity contribution in [2.24, 2.45) is 0 Å². The molecule has 14 heteroatoms. The molecule has 0 amide bonds. The number of ether oxygens (including phenoxy) is 2. The van der Waals surface area contributed by atoms with E-state index in [9.17, 15) is 44.6 Å². The van der Waals surface area contributed by atoms with Gasteiger partial charge in [-0.15, -0.1) is 0 Å². The summed E-state index contributed by atoms with van der Waals surface area (Å²) in [5, 5.41) is 50.3. The number of carbonyl (C=O) groups is 2. The van der Waals surface area contributed by atoms with Crippen molar-refractivity contribution in [3.05, 3.63) is 48.6 Å². The van der Waals surface area contributed by atoms with Gasteiger partial charge in [-0.2, -0.15) is 0 Å². The number of aliphatic hydroxyl groups is 5. The number of hydrogen-bond acceptors (Lipinski definition) is 12. The van der Waals surface area contributed by atoms with Crippen molar-refractivity contribution < 1.29 is 63.1 Å². The van der Waals surface area contributed by atoms with Gasteiger partial charge in [0, 0.05) is 12.8 Å². The Labute approximate surface area is 405 Å². The van der Waals surface area contributed by atoms with Gasteiger partial charge in [0.15, 0.2) is 6.10 Å². The van der Waals surface area contributed by atoms with Gasteiger partial charge in [0.2, 0.25) is 0 Å². The number of carbonyl (C=O) groups excluding carboxylic acids is 2. The SMILES string of the molecule is CCCCC/C=C\C/C=C\C/C=C\C/C=C\CCCCCC(=O)O[C@H](COC(=O)CCCCCCCCCCCCCCCCCCCCC)COP(=O)(O)OC1C(O)C(O)C(O)[C@@H](O)C1O. The molecular weight excluding hydrogens is 876 g/mol. The van der Waals surface area contributed by atoms with Crippen LogP contribution in [0, 0.1) is 0 Å². The third-order valence-corrected chi connectivity index (χ3v) is 13.2. The minimum atomic E-state index is -5.13. The number of allylic oxidation sites excluding steroid dienone is 8. The second-order valence-electron chi connectivity index (χ2n) is 18.4. The lowest BCUT2D eigenvalue weighted by Crippen LogP contribution is -2.64. The maximum atomic E-state index is 12.9. The lowest BCUT2D eigenvalue weighted by Gasteiger charge is -2.41. The number of aliphatic hydroxyl groups excluding tert-OH is 5. The van der Waals surface area contributed by atoms with Crippen molar-refractivity contribution in [1.82, 2.24) is 0 Å². The number of phosphoric ester groups is 1. The first-order chi connectivity index (χ1) is 32.4. The number of esters is 2. The molecule has 1 saturated carbocycles. The Morgan fingerprint density at radius 2 is 0.806 bits per heavy atom. The molecular formula is C53H95O13P. The van der Waals surface area contributed by atoms with Crippen molar-refractivity contribution >= 4 is 19.8 Å². The van der Waals surface area contributed by atoms with E-state index in [1.807, 2.05) is 0 Å². The molecule has 6 unspecified atom stereocenters. The van der Waals surface area contributed by atoms with E-state index in [4.69, 9.17) is 18.5 Å². The summed E-state index contributed by atoms with van der Waals surface area (Å²) in [6.45, 7) is 3.28. The van der Waals surface area contributed by atoms with E-state index in [1.165, 1.54) is 116 Å². The highest BCUT2D eigenvalue weighted by atomic mass is 31.2. The molecule has 67 heavy (non-hydrogen) atoms. The average molecular weight is 971 g/mol. The van der Waals surface area contributed by atoms with Crippen LogP contribution in [0.1, 0.15) is 219 Å². The lowest BCUT2D eigenvalue weighted by atomic mass is 9.85. The molecule has 6 N–H and O–H groups in total. The minimum Gasteiger partial charge on any atom is -0.462 e. The molecule has 1 aliphatic carbocycles. The van der Waals surface area contributed by atoms with Gasteiger partial charge in [-0.1, -0.05) is 197 Å². The lowest BCUT2D eigenvalue weighted by molar-refractivity contribution is -0.220. The number of unbranched alkanes of at least 4 members (excludes halogenated alkanes) is 24. The first kappa shape index (κ1) is 62.8. The zero-order valence-corrected chi connectivity index (χ0v) is 42.6. The van der Waals surface area contributed by atoms with Crippen LogP contribution in [0.25, 0.3) is 0 Å². The first-order valence-electron chi connectivity index (χ1n) is 26.4. The second-order valence-corrected chi connectivity index (χ2v) is 19.8. The molecule has 0 aromatic heterocycles. The molecule has 8 atom stereocenters. The van der Waals surface area contributed by atoms with Crippen molar-refractivity contribution in [3.8, 4) is 0 Å². The van der Waals surface area contributed by atoms with Gasteiger partial charge in [0.1, 0.15) is 43.2 Å². The van der Waals surface area contributed by atoms with E-state index in [-0.39, 0.29) is 12.8 Å². The number of hydrogen-bond donors (Lipinski definition) is 6. The van der Waals surface area contributed by atoms with Crippen LogP contribution < -0.4 is 0 Å². The summed E-state index contributed by atoms with van der Waals surface area (Å²) in [5.41, 5.74) is 0. The molecule has 1 rings (SSSR count). The summed E-state index contributed by atoms with van der Waals surface area (Å²) in [6, 6.07) is 0. The van der Waals surface area contributed by atoms with Gasteiger partial charge in [0.05, 0.1) is 6.61 Å². The molecule has 1 aliphatic rings. The Kier molecular flexibility index (Phi) is 40.0. The minimum absolute atomic E-state index is 0.0598. The molecule has 0 bridgehead atoms. The number of rotatable bonds is 44. The quantitative estimate of drug-likeness (QED) is 0.0145. The maximum absolute atomic E-state index is 12.9. The summed E-state index contributed by atoms with van der Waals surface area (Å²) < 4.78 is 33.6. The van der Waals surface area contributed by atoms with Crippen LogP contribution in [-0.4, -0.2) is 98.3 Å². The average Bonchev–Trinajstić information content (AvgIpc) is 3.31. The van der Waals surface area contributed by atoms with Crippen LogP contribution >= 0.6 is 7.82 Å². The van der Waals surface area contributed by atoms with Gasteiger partial charge >= 0.3 is 19.8 Å². The zero-order valence-electron chi connectivity index (χ0n) is 41.7. The Morgan fingerprint density at radius 3 is 1.25 bits per heavy atom. The normalized spacial score (nSPS) is 21.5. The molecule has 1 fully saturated rings. The third-order valence-electron chi connectivity index (χ3n) is 12.2. The second kappa shape index (κ2) is 42.7. The third kappa shape index (κ3) is 34.7. The van der Waals surface area contributed by atoms with Crippen LogP contribution in [0.15, 0.2) is 48.6 Å². The maximum Gasteiger partial charge on any atom is 0.472 e. The van der Waals surface area contributed by atoms with Crippen molar-refractivity contribution in [1.29, 1.82) is 0 Å². The molecule has 0 aromatic rings. The smallest absolute Gasteiger partial charge is 0.462 e. The molecule has 13 nitrogen and oxygen atoms in total. The zero-order chi connectivity index (χ0) is 49.2. The van der Waals surface area contributed by atoms with E-state index >= 15 is 0 Å². The fourth-order valence-corrected chi connectivity index (χ4v) is 8.89. The fourth-order valence-electron chi connectivity index (χ4n) is 7.92. The van der Waals surface area contributed by atoms with Gasteiger partial charge in [0.25, 0.3) is 0 Å². The van der Waals surface area contributed by atoms with E-state index in [1.54, 1.807) is 0 Å². The van der Waals surface area contributed by atoms with Gasteiger partial charge in [-0.05, 0) is 57.8 Å². The fraction of sp³-hybridized carbons (Fsp3) is 0.811.